The number of nitrogens with one attached hydrogen (secondary N) is 2. The number of hydrogen-bond donors (Lipinski definition) is 2. The number of rotatable bonds is 7. The summed E-state index contributed by atoms with van der Waals surface area (Å²) in [6.07, 6.45) is -12.9. The minimum atomic E-state index is -7.33. The standard InChI is InChI=1S/C25H13F12IN2O2/c26-21(27,23(31,32)24(33,34)25(35,36)37)14-10-16(22(28,29)30)18(17(38)11-14)40-20(42)13-7-4-8-15(9-13)39-19(41)12-5-2-1-3-6-12/h1-11H,(H,39,41)(H,40,42). The summed E-state index contributed by atoms with van der Waals surface area (Å²) in [5, 5.41) is 4.18. The summed E-state index contributed by atoms with van der Waals surface area (Å²) in [6, 6.07) is 11.4. The highest BCUT2D eigenvalue weighted by Gasteiger charge is 2.82. The SMILES string of the molecule is O=C(Nc1cccc(C(=O)Nc2c(I)cc(C(F)(F)C(F)(F)C(F)(F)C(F)(F)F)cc2C(F)(F)F)c1)c1ccccc1. The largest absolute Gasteiger partial charge is 0.460 e. The molecule has 42 heavy (non-hydrogen) atoms. The number of benzene rings is 3. The summed E-state index contributed by atoms with van der Waals surface area (Å²) >= 11 is 0.879. The first-order valence-corrected chi connectivity index (χ1v) is 12.1. The molecule has 2 N–H and O–H groups in total. The Kier molecular flexibility index (Phi) is 8.87. The highest BCUT2D eigenvalue weighted by molar-refractivity contribution is 14.1. The summed E-state index contributed by atoms with van der Waals surface area (Å²) in [6.45, 7) is 0. The molecule has 0 fully saturated rings. The molecule has 0 atom stereocenters. The molecule has 2 amide bonds. The van der Waals surface area contributed by atoms with Gasteiger partial charge in [-0.1, -0.05) is 24.3 Å². The van der Waals surface area contributed by atoms with Crippen LogP contribution in [0, 0.1) is 3.57 Å². The van der Waals surface area contributed by atoms with Gasteiger partial charge < -0.3 is 10.6 Å². The number of anilines is 2. The van der Waals surface area contributed by atoms with Crippen LogP contribution in [0.15, 0.2) is 66.7 Å². The zero-order valence-electron chi connectivity index (χ0n) is 20.1. The zero-order chi connectivity index (χ0) is 31.9. The lowest BCUT2D eigenvalue weighted by Crippen LogP contribution is -2.59. The maximum atomic E-state index is 14.4. The van der Waals surface area contributed by atoms with Crippen molar-refractivity contribution >= 4 is 45.8 Å². The molecule has 3 rings (SSSR count). The van der Waals surface area contributed by atoms with Crippen LogP contribution in [-0.4, -0.2) is 29.8 Å². The maximum absolute atomic E-state index is 14.4. The smallest absolute Gasteiger partial charge is 0.322 e. The van der Waals surface area contributed by atoms with Crippen molar-refractivity contribution in [2.24, 2.45) is 0 Å². The summed E-state index contributed by atoms with van der Waals surface area (Å²) in [5.41, 5.74) is -6.20. The first-order chi connectivity index (χ1) is 19.1. The number of carbonyl (C=O) groups excluding carboxylic acids is 2. The van der Waals surface area contributed by atoms with E-state index in [9.17, 15) is 62.3 Å². The molecular formula is C25H13F12IN2O2. The van der Waals surface area contributed by atoms with Gasteiger partial charge in [0.15, 0.2) is 0 Å². The third kappa shape index (κ3) is 6.29. The lowest BCUT2D eigenvalue weighted by Gasteiger charge is -2.34. The minimum Gasteiger partial charge on any atom is -0.322 e. The van der Waals surface area contributed by atoms with E-state index in [1.807, 2.05) is 0 Å². The van der Waals surface area contributed by atoms with Crippen LogP contribution in [0.25, 0.3) is 0 Å². The van der Waals surface area contributed by atoms with E-state index >= 15 is 0 Å². The van der Waals surface area contributed by atoms with Crippen LogP contribution in [0.1, 0.15) is 31.8 Å². The first kappa shape index (κ1) is 33.0. The van der Waals surface area contributed by atoms with Gasteiger partial charge in [0.05, 0.1) is 11.3 Å². The molecule has 0 heterocycles. The van der Waals surface area contributed by atoms with Crippen molar-refractivity contribution in [3.8, 4) is 0 Å². The average Bonchev–Trinajstić information content (AvgIpc) is 2.88. The van der Waals surface area contributed by atoms with Crippen molar-refractivity contribution in [3.63, 3.8) is 0 Å². The number of halogens is 13. The van der Waals surface area contributed by atoms with Crippen molar-refractivity contribution in [2.45, 2.75) is 30.1 Å². The minimum absolute atomic E-state index is 0.00468. The molecule has 0 aliphatic carbocycles. The van der Waals surface area contributed by atoms with E-state index in [-0.39, 0.29) is 22.9 Å². The highest BCUT2D eigenvalue weighted by Crippen LogP contribution is 2.57. The molecule has 4 nitrogen and oxygen atoms in total. The molecule has 17 heteroatoms. The molecule has 0 radical (unpaired) electrons. The third-order valence-electron chi connectivity index (χ3n) is 5.56. The van der Waals surface area contributed by atoms with Crippen LogP contribution < -0.4 is 10.6 Å². The Hall–Kier alpha value is -3.51. The molecule has 3 aromatic rings. The molecular weight excluding hydrogens is 715 g/mol. The van der Waals surface area contributed by atoms with Crippen LogP contribution in [0.5, 0.6) is 0 Å². The van der Waals surface area contributed by atoms with E-state index in [0.29, 0.717) is 0 Å². The van der Waals surface area contributed by atoms with E-state index in [1.165, 1.54) is 24.3 Å². The second-order valence-electron chi connectivity index (χ2n) is 8.45. The maximum Gasteiger partial charge on any atom is 0.460 e. The van der Waals surface area contributed by atoms with Crippen LogP contribution in [-0.2, 0) is 12.1 Å². The zero-order valence-corrected chi connectivity index (χ0v) is 22.2. The molecule has 0 saturated carbocycles. The fraction of sp³-hybridized carbons (Fsp3) is 0.200. The summed E-state index contributed by atoms with van der Waals surface area (Å²) in [7, 11) is 0. The lowest BCUT2D eigenvalue weighted by atomic mass is 9.94. The Morgan fingerprint density at radius 1 is 0.619 bits per heavy atom. The summed E-state index contributed by atoms with van der Waals surface area (Å²) < 4.78 is 161. The van der Waals surface area contributed by atoms with Gasteiger partial charge in [0.25, 0.3) is 11.8 Å². The monoisotopic (exact) mass is 728 g/mol. The molecule has 0 saturated heterocycles. The predicted octanol–water partition coefficient (Wildman–Crippen LogP) is 8.74. The van der Waals surface area contributed by atoms with E-state index in [1.54, 1.807) is 23.5 Å². The molecule has 0 aliphatic rings. The Labute approximate surface area is 241 Å². The topological polar surface area (TPSA) is 58.2 Å². The fourth-order valence-corrected chi connectivity index (χ4v) is 4.17. The van der Waals surface area contributed by atoms with Crippen molar-refractivity contribution in [1.82, 2.24) is 0 Å². The molecule has 0 unspecified atom stereocenters. The quantitative estimate of drug-likeness (QED) is 0.189. The Morgan fingerprint density at radius 2 is 1.17 bits per heavy atom. The normalized spacial score (nSPS) is 13.1. The second-order valence-corrected chi connectivity index (χ2v) is 9.62. The Bertz CT molecular complexity index is 1490. The van der Waals surface area contributed by atoms with Crippen LogP contribution in [0.2, 0.25) is 0 Å². The molecule has 0 aliphatic heterocycles. The predicted molar refractivity (Wildman–Crippen MR) is 133 cm³/mol. The Morgan fingerprint density at radius 3 is 1.71 bits per heavy atom. The van der Waals surface area contributed by atoms with Gasteiger partial charge in [-0.3, -0.25) is 9.59 Å². The van der Waals surface area contributed by atoms with Crippen molar-refractivity contribution in [3.05, 3.63) is 92.6 Å². The number of amides is 2. The van der Waals surface area contributed by atoms with Crippen molar-refractivity contribution in [2.75, 3.05) is 10.6 Å². The van der Waals surface area contributed by atoms with Gasteiger partial charge in [-0.15, -0.1) is 0 Å². The van der Waals surface area contributed by atoms with E-state index in [0.717, 1.165) is 34.7 Å². The number of hydrogen-bond acceptors (Lipinski definition) is 2. The van der Waals surface area contributed by atoms with Crippen molar-refractivity contribution in [1.29, 1.82) is 0 Å². The second kappa shape index (κ2) is 11.3. The van der Waals surface area contributed by atoms with Gasteiger partial charge >= 0.3 is 30.1 Å². The molecule has 0 spiro atoms. The highest BCUT2D eigenvalue weighted by atomic mass is 127. The van der Waals surface area contributed by atoms with Gasteiger partial charge in [-0.2, -0.15) is 52.7 Å². The van der Waals surface area contributed by atoms with Gasteiger partial charge in [-0.05, 0) is 65.1 Å². The molecule has 0 bridgehead atoms. The van der Waals surface area contributed by atoms with Gasteiger partial charge in [0.2, 0.25) is 0 Å². The summed E-state index contributed by atoms with van der Waals surface area (Å²) in [4.78, 5) is 25.1. The van der Waals surface area contributed by atoms with Crippen LogP contribution in [0.3, 0.4) is 0 Å². The number of alkyl halides is 12. The first-order valence-electron chi connectivity index (χ1n) is 11.0. The molecule has 0 aromatic heterocycles. The van der Waals surface area contributed by atoms with E-state index in [2.05, 4.69) is 5.32 Å². The van der Waals surface area contributed by atoms with Gasteiger partial charge in [0.1, 0.15) is 0 Å². The van der Waals surface area contributed by atoms with Crippen molar-refractivity contribution < 1.29 is 62.3 Å². The van der Waals surface area contributed by atoms with Crippen LogP contribution in [0.4, 0.5) is 64.1 Å². The molecule has 226 valence electrons. The van der Waals surface area contributed by atoms with Crippen LogP contribution >= 0.6 is 22.6 Å². The van der Waals surface area contributed by atoms with E-state index in [4.69, 9.17) is 0 Å². The third-order valence-corrected chi connectivity index (χ3v) is 6.41. The lowest BCUT2D eigenvalue weighted by molar-refractivity contribution is -0.399. The van der Waals surface area contributed by atoms with E-state index < -0.39 is 68.4 Å². The van der Waals surface area contributed by atoms with Gasteiger partial charge in [-0.25, -0.2) is 0 Å². The molecule has 3 aromatic carbocycles. The summed E-state index contributed by atoms with van der Waals surface area (Å²) in [5.74, 6) is -22.9. The fourth-order valence-electron chi connectivity index (χ4n) is 3.41. The van der Waals surface area contributed by atoms with Gasteiger partial charge in [0, 0.05) is 25.9 Å². The average molecular weight is 728 g/mol. The number of carbonyl (C=O) groups is 2. The Balaban J connectivity index is 1.99.